The second-order valence-electron chi connectivity index (χ2n) is 5.65. The van der Waals surface area contributed by atoms with Crippen molar-refractivity contribution in [3.63, 3.8) is 0 Å². The topological polar surface area (TPSA) is 52.6 Å². The Morgan fingerprint density at radius 1 is 1.35 bits per heavy atom. The van der Waals surface area contributed by atoms with Gasteiger partial charge in [-0.2, -0.15) is 0 Å². The molecular weight excluding hydrogens is 216 g/mol. The fraction of sp³-hybridized carbons (Fsp3) is 0.923. The number of likely N-dealkylation sites (tertiary alicyclic amines) is 1. The van der Waals surface area contributed by atoms with E-state index in [-0.39, 0.29) is 12.0 Å². The summed E-state index contributed by atoms with van der Waals surface area (Å²) < 4.78 is 0. The molecule has 2 N–H and O–H groups in total. The van der Waals surface area contributed by atoms with E-state index in [1.807, 2.05) is 11.8 Å². The third kappa shape index (κ3) is 2.80. The van der Waals surface area contributed by atoms with Crippen LogP contribution in [-0.2, 0) is 4.79 Å². The summed E-state index contributed by atoms with van der Waals surface area (Å²) in [7, 11) is 0. The molecule has 0 saturated carbocycles. The van der Waals surface area contributed by atoms with E-state index >= 15 is 0 Å². The van der Waals surface area contributed by atoms with Gasteiger partial charge in [0.1, 0.15) is 0 Å². The van der Waals surface area contributed by atoms with Gasteiger partial charge in [-0.05, 0) is 38.1 Å². The number of carbonyl (C=O) groups excluding carboxylic acids is 1. The summed E-state index contributed by atoms with van der Waals surface area (Å²) in [5, 5.41) is 12.8. The minimum atomic E-state index is -0.237. The van der Waals surface area contributed by atoms with Crippen molar-refractivity contribution in [1.82, 2.24) is 10.2 Å². The van der Waals surface area contributed by atoms with Gasteiger partial charge in [0, 0.05) is 19.6 Å². The third-order valence-corrected chi connectivity index (χ3v) is 4.37. The molecule has 98 valence electrons. The molecule has 3 atom stereocenters. The summed E-state index contributed by atoms with van der Waals surface area (Å²) in [6.07, 6.45) is 1.65. The average molecular weight is 240 g/mol. The molecule has 2 aliphatic heterocycles. The first-order valence-electron chi connectivity index (χ1n) is 6.77. The lowest BCUT2D eigenvalue weighted by atomic mass is 9.90. The van der Waals surface area contributed by atoms with Crippen LogP contribution in [0.25, 0.3) is 0 Å². The van der Waals surface area contributed by atoms with E-state index in [1.54, 1.807) is 0 Å². The number of aliphatic hydroxyl groups is 1. The van der Waals surface area contributed by atoms with Crippen LogP contribution in [-0.4, -0.2) is 48.2 Å². The molecule has 2 aliphatic rings. The second kappa shape index (κ2) is 5.36. The summed E-state index contributed by atoms with van der Waals surface area (Å²) >= 11 is 0. The summed E-state index contributed by atoms with van der Waals surface area (Å²) in [6.45, 7) is 7.42. The van der Waals surface area contributed by atoms with E-state index in [9.17, 15) is 9.90 Å². The maximum atomic E-state index is 12.3. The Morgan fingerprint density at radius 2 is 2.00 bits per heavy atom. The fourth-order valence-electron chi connectivity index (χ4n) is 2.98. The molecule has 2 fully saturated rings. The minimum Gasteiger partial charge on any atom is -0.393 e. The van der Waals surface area contributed by atoms with Crippen molar-refractivity contribution in [2.75, 3.05) is 26.2 Å². The molecule has 0 bridgehead atoms. The Morgan fingerprint density at radius 3 is 2.47 bits per heavy atom. The lowest BCUT2D eigenvalue weighted by molar-refractivity contribution is -0.137. The molecule has 3 unspecified atom stereocenters. The number of hydrogen-bond donors (Lipinski definition) is 2. The van der Waals surface area contributed by atoms with Crippen LogP contribution >= 0.6 is 0 Å². The first kappa shape index (κ1) is 12.8. The van der Waals surface area contributed by atoms with Crippen molar-refractivity contribution in [2.24, 2.45) is 17.8 Å². The van der Waals surface area contributed by atoms with E-state index < -0.39 is 0 Å². The van der Waals surface area contributed by atoms with E-state index in [4.69, 9.17) is 0 Å². The molecule has 2 heterocycles. The zero-order chi connectivity index (χ0) is 12.4. The highest BCUT2D eigenvalue weighted by Gasteiger charge is 2.34. The van der Waals surface area contributed by atoms with Crippen LogP contribution in [0.3, 0.4) is 0 Å². The van der Waals surface area contributed by atoms with Crippen molar-refractivity contribution >= 4 is 5.91 Å². The SMILES string of the molecule is CC(O)C1CCN(C(=O)C2CNCC2C)CC1. The first-order valence-corrected chi connectivity index (χ1v) is 6.77. The fourth-order valence-corrected chi connectivity index (χ4v) is 2.98. The van der Waals surface area contributed by atoms with Crippen LogP contribution in [0.1, 0.15) is 26.7 Å². The summed E-state index contributed by atoms with van der Waals surface area (Å²) in [4.78, 5) is 14.3. The molecule has 17 heavy (non-hydrogen) atoms. The highest BCUT2D eigenvalue weighted by Crippen LogP contribution is 2.24. The number of nitrogens with zero attached hydrogens (tertiary/aromatic N) is 1. The van der Waals surface area contributed by atoms with Crippen LogP contribution in [0.2, 0.25) is 0 Å². The molecule has 0 aromatic carbocycles. The van der Waals surface area contributed by atoms with Gasteiger partial charge in [0.25, 0.3) is 0 Å². The predicted octanol–water partition coefficient (Wildman–Crippen LogP) is 0.461. The zero-order valence-corrected chi connectivity index (χ0v) is 10.9. The van der Waals surface area contributed by atoms with E-state index in [0.717, 1.165) is 39.0 Å². The molecule has 1 amide bonds. The van der Waals surface area contributed by atoms with Gasteiger partial charge in [-0.15, -0.1) is 0 Å². The van der Waals surface area contributed by atoms with Gasteiger partial charge in [-0.3, -0.25) is 4.79 Å². The Bertz CT molecular complexity index is 273. The van der Waals surface area contributed by atoms with E-state index in [0.29, 0.717) is 17.7 Å². The highest BCUT2D eigenvalue weighted by atomic mass is 16.3. The highest BCUT2D eigenvalue weighted by molar-refractivity contribution is 5.79. The molecule has 0 radical (unpaired) electrons. The van der Waals surface area contributed by atoms with Crippen LogP contribution in [0, 0.1) is 17.8 Å². The lowest BCUT2D eigenvalue weighted by Crippen LogP contribution is -2.44. The van der Waals surface area contributed by atoms with Gasteiger partial charge in [0.2, 0.25) is 5.91 Å². The third-order valence-electron chi connectivity index (χ3n) is 4.37. The molecule has 0 aliphatic carbocycles. The van der Waals surface area contributed by atoms with Gasteiger partial charge >= 0.3 is 0 Å². The Kier molecular flexibility index (Phi) is 4.05. The first-order chi connectivity index (χ1) is 8.09. The maximum absolute atomic E-state index is 12.3. The quantitative estimate of drug-likeness (QED) is 0.737. The molecule has 2 rings (SSSR count). The number of amides is 1. The predicted molar refractivity (Wildman–Crippen MR) is 66.5 cm³/mol. The molecule has 4 nitrogen and oxygen atoms in total. The maximum Gasteiger partial charge on any atom is 0.227 e. The van der Waals surface area contributed by atoms with E-state index in [1.165, 1.54) is 0 Å². The van der Waals surface area contributed by atoms with Gasteiger partial charge in [0.05, 0.1) is 12.0 Å². The number of nitrogens with one attached hydrogen (secondary N) is 1. The summed E-state index contributed by atoms with van der Waals surface area (Å²) in [5.74, 6) is 1.31. The largest absolute Gasteiger partial charge is 0.393 e. The summed E-state index contributed by atoms with van der Waals surface area (Å²) in [6, 6.07) is 0. The van der Waals surface area contributed by atoms with Crippen LogP contribution in [0.4, 0.5) is 0 Å². The monoisotopic (exact) mass is 240 g/mol. The van der Waals surface area contributed by atoms with Gasteiger partial charge in [-0.25, -0.2) is 0 Å². The number of piperidine rings is 1. The standard InChI is InChI=1S/C13H24N2O2/c1-9-7-14-8-12(9)13(17)15-5-3-11(4-6-15)10(2)16/h9-12,14,16H,3-8H2,1-2H3. The van der Waals surface area contributed by atoms with Crippen molar-refractivity contribution in [2.45, 2.75) is 32.8 Å². The average Bonchev–Trinajstić information content (AvgIpc) is 2.74. The van der Waals surface area contributed by atoms with Crippen molar-refractivity contribution in [3.05, 3.63) is 0 Å². The Labute approximate surface area is 103 Å². The molecule has 0 aromatic rings. The van der Waals surface area contributed by atoms with Crippen molar-refractivity contribution < 1.29 is 9.90 Å². The second-order valence-corrected chi connectivity index (χ2v) is 5.65. The molecule has 4 heteroatoms. The number of carbonyl (C=O) groups is 1. The lowest BCUT2D eigenvalue weighted by Gasteiger charge is -2.35. The van der Waals surface area contributed by atoms with Crippen molar-refractivity contribution in [1.29, 1.82) is 0 Å². The van der Waals surface area contributed by atoms with Gasteiger partial charge < -0.3 is 15.3 Å². The zero-order valence-electron chi connectivity index (χ0n) is 10.9. The normalized spacial score (nSPS) is 32.8. The minimum absolute atomic E-state index is 0.165. The smallest absolute Gasteiger partial charge is 0.227 e. The van der Waals surface area contributed by atoms with Crippen molar-refractivity contribution in [3.8, 4) is 0 Å². The number of rotatable bonds is 2. The number of hydrogen-bond acceptors (Lipinski definition) is 3. The van der Waals surface area contributed by atoms with Gasteiger partial charge in [-0.1, -0.05) is 6.92 Å². The van der Waals surface area contributed by atoms with Gasteiger partial charge in [0.15, 0.2) is 0 Å². The number of aliphatic hydroxyl groups excluding tert-OH is 1. The van der Waals surface area contributed by atoms with Crippen LogP contribution < -0.4 is 5.32 Å². The van der Waals surface area contributed by atoms with E-state index in [2.05, 4.69) is 12.2 Å². The van der Waals surface area contributed by atoms with Crippen LogP contribution in [0.5, 0.6) is 0 Å². The molecule has 0 spiro atoms. The Balaban J connectivity index is 1.86. The van der Waals surface area contributed by atoms with Crippen LogP contribution in [0.15, 0.2) is 0 Å². The summed E-state index contributed by atoms with van der Waals surface area (Å²) in [5.41, 5.74) is 0. The molecule has 0 aromatic heterocycles. The molecule has 2 saturated heterocycles. The molecular formula is C13H24N2O2. The Hall–Kier alpha value is -0.610.